The van der Waals surface area contributed by atoms with Crippen LogP contribution in [0.3, 0.4) is 0 Å². The molecule has 3 nitrogen and oxygen atoms in total. The molecule has 0 spiro atoms. The van der Waals surface area contributed by atoms with Crippen molar-refractivity contribution < 1.29 is 7.65 Å². The number of nitrogens with one attached hydrogen (secondary N) is 2. The summed E-state index contributed by atoms with van der Waals surface area (Å²) in [6.45, 7) is 4.21. The Labute approximate surface area is 82.2 Å². The van der Waals surface area contributed by atoms with E-state index in [0.717, 1.165) is 6.42 Å². The van der Waals surface area contributed by atoms with Gasteiger partial charge in [-0.05, 0) is 33.1 Å². The standard InChI is InChI=1S/C10H18N2O.2H2/c1-10(2)6-9(13)11-7-4-3-5-8(7)12-10;;/h7-8,12H,3-6H2,1-2H3,(H,11,13);2*1H/t7-,8?;;/m1../s1. The Hall–Kier alpha value is -0.570. The van der Waals surface area contributed by atoms with Crippen LogP contribution in [0, 0.1) is 0 Å². The lowest BCUT2D eigenvalue weighted by molar-refractivity contribution is -0.122. The van der Waals surface area contributed by atoms with Crippen LogP contribution in [0.15, 0.2) is 0 Å². The molecule has 0 aromatic rings. The second-order valence-corrected chi connectivity index (χ2v) is 4.92. The van der Waals surface area contributed by atoms with Crippen LogP contribution in [0.2, 0.25) is 0 Å². The summed E-state index contributed by atoms with van der Waals surface area (Å²) in [5.74, 6) is 0.201. The molecule has 2 atom stereocenters. The third-order valence-electron chi connectivity index (χ3n) is 3.04. The third-order valence-corrected chi connectivity index (χ3v) is 3.04. The molecule has 1 heterocycles. The van der Waals surface area contributed by atoms with Gasteiger partial charge in [0.25, 0.3) is 0 Å². The highest BCUT2D eigenvalue weighted by Gasteiger charge is 2.37. The summed E-state index contributed by atoms with van der Waals surface area (Å²) in [5, 5.41) is 6.66. The second-order valence-electron chi connectivity index (χ2n) is 4.92. The molecule has 1 amide bonds. The molecule has 0 radical (unpaired) electrons. The second kappa shape index (κ2) is 2.98. The van der Waals surface area contributed by atoms with Crippen molar-refractivity contribution >= 4 is 5.91 Å². The number of carbonyl (C=O) groups excluding carboxylic acids is 1. The van der Waals surface area contributed by atoms with Gasteiger partial charge in [-0.3, -0.25) is 4.79 Å². The van der Waals surface area contributed by atoms with Crippen LogP contribution in [0.1, 0.15) is 42.4 Å². The average Bonchev–Trinajstić information content (AvgIpc) is 2.30. The molecular formula is C10H22N2O. The summed E-state index contributed by atoms with van der Waals surface area (Å²) in [6.07, 6.45) is 4.17. The molecule has 0 aromatic heterocycles. The largest absolute Gasteiger partial charge is 0.352 e. The zero-order valence-electron chi connectivity index (χ0n) is 8.39. The van der Waals surface area contributed by atoms with Crippen LogP contribution in [0.25, 0.3) is 0 Å². The molecule has 1 saturated heterocycles. The van der Waals surface area contributed by atoms with Gasteiger partial charge in [0.15, 0.2) is 0 Å². The lowest BCUT2D eigenvalue weighted by Crippen LogP contribution is -2.48. The van der Waals surface area contributed by atoms with Crippen molar-refractivity contribution in [3.05, 3.63) is 0 Å². The number of rotatable bonds is 0. The molecule has 2 aliphatic rings. The summed E-state index contributed by atoms with van der Waals surface area (Å²) >= 11 is 0. The van der Waals surface area contributed by atoms with Crippen LogP contribution in [0.4, 0.5) is 0 Å². The van der Waals surface area contributed by atoms with E-state index in [0.29, 0.717) is 18.5 Å². The van der Waals surface area contributed by atoms with Gasteiger partial charge in [-0.2, -0.15) is 0 Å². The fourth-order valence-electron chi connectivity index (χ4n) is 2.52. The predicted molar refractivity (Wildman–Crippen MR) is 55.6 cm³/mol. The SMILES string of the molecule is CC1(C)CC(=O)N[C@@H]2CCCC2N1.[HH].[HH]. The smallest absolute Gasteiger partial charge is 0.222 e. The van der Waals surface area contributed by atoms with Crippen molar-refractivity contribution in [2.24, 2.45) is 0 Å². The molecule has 13 heavy (non-hydrogen) atoms. The molecule has 2 rings (SSSR count). The minimum Gasteiger partial charge on any atom is -0.352 e. The number of hydrogen-bond acceptors (Lipinski definition) is 2. The average molecular weight is 186 g/mol. The van der Waals surface area contributed by atoms with Crippen LogP contribution < -0.4 is 10.6 Å². The van der Waals surface area contributed by atoms with Crippen LogP contribution in [0.5, 0.6) is 0 Å². The number of amides is 1. The van der Waals surface area contributed by atoms with Crippen LogP contribution >= 0.6 is 0 Å². The first-order valence-corrected chi connectivity index (χ1v) is 5.14. The molecule has 1 unspecified atom stereocenters. The number of fused-ring (bicyclic) bond motifs is 1. The van der Waals surface area contributed by atoms with Crippen molar-refractivity contribution in [3.63, 3.8) is 0 Å². The van der Waals surface area contributed by atoms with Crippen LogP contribution in [-0.4, -0.2) is 23.5 Å². The number of hydrogen-bond donors (Lipinski definition) is 2. The van der Waals surface area contributed by atoms with E-state index in [4.69, 9.17) is 0 Å². The van der Waals surface area contributed by atoms with Gasteiger partial charge in [0.05, 0.1) is 0 Å². The Morgan fingerprint density at radius 2 is 2.08 bits per heavy atom. The monoisotopic (exact) mass is 186 g/mol. The maximum atomic E-state index is 11.5. The number of carbonyl (C=O) groups is 1. The van der Waals surface area contributed by atoms with Crippen molar-refractivity contribution in [1.82, 2.24) is 10.6 Å². The van der Waals surface area contributed by atoms with Crippen LogP contribution in [-0.2, 0) is 4.79 Å². The van der Waals surface area contributed by atoms with Gasteiger partial charge in [-0.15, -0.1) is 0 Å². The first-order valence-electron chi connectivity index (χ1n) is 5.14. The van der Waals surface area contributed by atoms with Gasteiger partial charge in [0.2, 0.25) is 5.91 Å². The quantitative estimate of drug-likeness (QED) is 0.598. The Morgan fingerprint density at radius 1 is 1.38 bits per heavy atom. The molecule has 78 valence electrons. The van der Waals surface area contributed by atoms with Gasteiger partial charge in [0.1, 0.15) is 0 Å². The van der Waals surface area contributed by atoms with E-state index in [2.05, 4.69) is 24.5 Å². The van der Waals surface area contributed by atoms with Gasteiger partial charge in [0, 0.05) is 26.9 Å². The van der Waals surface area contributed by atoms with Crippen molar-refractivity contribution in [3.8, 4) is 0 Å². The highest BCUT2D eigenvalue weighted by molar-refractivity contribution is 5.78. The molecule has 1 aliphatic carbocycles. The normalized spacial score (nSPS) is 37.8. The highest BCUT2D eigenvalue weighted by atomic mass is 16.1. The Morgan fingerprint density at radius 3 is 2.85 bits per heavy atom. The minimum absolute atomic E-state index is 0. The van der Waals surface area contributed by atoms with E-state index < -0.39 is 0 Å². The molecule has 2 fully saturated rings. The third kappa shape index (κ3) is 1.85. The van der Waals surface area contributed by atoms with Crippen molar-refractivity contribution in [2.75, 3.05) is 0 Å². The topological polar surface area (TPSA) is 41.1 Å². The fraction of sp³-hybridized carbons (Fsp3) is 0.900. The van der Waals surface area contributed by atoms with E-state index in [1.165, 1.54) is 12.8 Å². The van der Waals surface area contributed by atoms with Gasteiger partial charge in [-0.25, -0.2) is 0 Å². The Bertz CT molecular complexity index is 233. The van der Waals surface area contributed by atoms with Crippen molar-refractivity contribution in [2.45, 2.75) is 57.2 Å². The van der Waals surface area contributed by atoms with E-state index in [1.807, 2.05) is 0 Å². The Kier molecular flexibility index (Phi) is 2.06. The fourth-order valence-corrected chi connectivity index (χ4v) is 2.52. The Balaban J connectivity index is 0.000000980. The highest BCUT2D eigenvalue weighted by Crippen LogP contribution is 2.25. The van der Waals surface area contributed by atoms with Gasteiger partial charge < -0.3 is 10.6 Å². The predicted octanol–water partition coefficient (Wildman–Crippen LogP) is 1.29. The lowest BCUT2D eigenvalue weighted by Gasteiger charge is -2.27. The van der Waals surface area contributed by atoms with E-state index in [1.54, 1.807) is 0 Å². The van der Waals surface area contributed by atoms with E-state index in [9.17, 15) is 4.79 Å². The van der Waals surface area contributed by atoms with E-state index >= 15 is 0 Å². The summed E-state index contributed by atoms with van der Waals surface area (Å²) < 4.78 is 0. The first-order chi connectivity index (χ1) is 6.07. The molecular weight excluding hydrogens is 164 g/mol. The van der Waals surface area contributed by atoms with Crippen molar-refractivity contribution in [1.29, 1.82) is 0 Å². The summed E-state index contributed by atoms with van der Waals surface area (Å²) in [6, 6.07) is 0.885. The molecule has 3 heteroatoms. The minimum atomic E-state index is -0.0339. The van der Waals surface area contributed by atoms with Gasteiger partial charge >= 0.3 is 0 Å². The molecule has 0 bridgehead atoms. The first kappa shape index (κ1) is 9.00. The maximum Gasteiger partial charge on any atom is 0.222 e. The summed E-state index contributed by atoms with van der Waals surface area (Å²) in [7, 11) is 0. The lowest BCUT2D eigenvalue weighted by atomic mass is 9.99. The molecule has 1 aliphatic heterocycles. The molecule has 1 saturated carbocycles. The van der Waals surface area contributed by atoms with E-state index in [-0.39, 0.29) is 14.3 Å². The molecule has 2 N–H and O–H groups in total. The summed E-state index contributed by atoms with van der Waals surface area (Å²) in [5.41, 5.74) is -0.0339. The zero-order chi connectivity index (χ0) is 9.47. The van der Waals surface area contributed by atoms with Gasteiger partial charge in [-0.1, -0.05) is 0 Å². The zero-order valence-corrected chi connectivity index (χ0v) is 8.39. The summed E-state index contributed by atoms with van der Waals surface area (Å²) in [4.78, 5) is 11.5. The molecule has 0 aromatic carbocycles. The maximum absolute atomic E-state index is 11.5.